The van der Waals surface area contributed by atoms with Gasteiger partial charge in [0.05, 0.1) is 11.2 Å². The summed E-state index contributed by atoms with van der Waals surface area (Å²) >= 11 is 1.44. The van der Waals surface area contributed by atoms with Crippen molar-refractivity contribution in [3.8, 4) is 0 Å². The minimum atomic E-state index is -0.911. The van der Waals surface area contributed by atoms with Crippen LogP contribution in [0.5, 0.6) is 0 Å². The first kappa shape index (κ1) is 12.5. The molecule has 4 heteroatoms. The zero-order valence-electron chi connectivity index (χ0n) is 9.56. The molecule has 1 aliphatic rings. The van der Waals surface area contributed by atoms with Gasteiger partial charge in [-0.15, -0.1) is 11.8 Å². The number of carboxylic acid groups (broad SMARTS) is 1. The van der Waals surface area contributed by atoms with Gasteiger partial charge in [0.25, 0.3) is 0 Å². The van der Waals surface area contributed by atoms with E-state index in [9.17, 15) is 9.90 Å². The molecule has 2 rings (SSSR count). The molecule has 0 aliphatic heterocycles. The van der Waals surface area contributed by atoms with E-state index in [-0.39, 0.29) is 0 Å². The topological polar surface area (TPSA) is 57.5 Å². The molecule has 17 heavy (non-hydrogen) atoms. The Kier molecular flexibility index (Phi) is 3.74. The van der Waals surface area contributed by atoms with Crippen LogP contribution in [-0.2, 0) is 0 Å². The minimum Gasteiger partial charge on any atom is -0.478 e. The van der Waals surface area contributed by atoms with E-state index >= 15 is 0 Å². The molecule has 2 N–H and O–H groups in total. The second-order valence-corrected chi connectivity index (χ2v) is 5.54. The van der Waals surface area contributed by atoms with Crippen LogP contribution in [0.1, 0.15) is 36.0 Å². The molecule has 3 nitrogen and oxygen atoms in total. The number of hydrogen-bond donors (Lipinski definition) is 2. The fourth-order valence-electron chi connectivity index (χ4n) is 2.16. The van der Waals surface area contributed by atoms with E-state index in [4.69, 9.17) is 5.11 Å². The van der Waals surface area contributed by atoms with Gasteiger partial charge in [-0.05, 0) is 25.0 Å². The van der Waals surface area contributed by atoms with E-state index in [1.54, 1.807) is 18.2 Å². The summed E-state index contributed by atoms with van der Waals surface area (Å²) in [5, 5.41) is 19.3. The third-order valence-electron chi connectivity index (χ3n) is 3.15. The summed E-state index contributed by atoms with van der Waals surface area (Å²) in [5.41, 5.74) is -0.282. The SMILES string of the molecule is O=C(O)c1ccccc1SCC1(O)CCCC1. The standard InChI is InChI=1S/C13H16O3S/c14-12(15)10-5-1-2-6-11(10)17-9-13(16)7-3-4-8-13/h1-2,5-6,16H,3-4,7-9H2,(H,14,15). The van der Waals surface area contributed by atoms with Crippen LogP contribution in [0.4, 0.5) is 0 Å². The van der Waals surface area contributed by atoms with Crippen molar-refractivity contribution in [3.05, 3.63) is 29.8 Å². The van der Waals surface area contributed by atoms with Crippen molar-refractivity contribution >= 4 is 17.7 Å². The number of aromatic carboxylic acids is 1. The van der Waals surface area contributed by atoms with Gasteiger partial charge in [0.1, 0.15) is 0 Å². The lowest BCUT2D eigenvalue weighted by molar-refractivity contribution is 0.0688. The maximum Gasteiger partial charge on any atom is 0.336 e. The van der Waals surface area contributed by atoms with Gasteiger partial charge < -0.3 is 10.2 Å². The van der Waals surface area contributed by atoms with E-state index in [0.717, 1.165) is 30.6 Å². The highest BCUT2D eigenvalue weighted by atomic mass is 32.2. The summed E-state index contributed by atoms with van der Waals surface area (Å²) in [6.45, 7) is 0. The summed E-state index contributed by atoms with van der Waals surface area (Å²) in [5.74, 6) is -0.330. The van der Waals surface area contributed by atoms with Crippen molar-refractivity contribution in [1.82, 2.24) is 0 Å². The Morgan fingerprint density at radius 3 is 2.59 bits per heavy atom. The third kappa shape index (κ3) is 3.01. The van der Waals surface area contributed by atoms with E-state index in [2.05, 4.69) is 0 Å². The maximum absolute atomic E-state index is 11.0. The Hall–Kier alpha value is -1.00. The van der Waals surface area contributed by atoms with Crippen LogP contribution in [0.15, 0.2) is 29.2 Å². The van der Waals surface area contributed by atoms with Crippen LogP contribution in [0.2, 0.25) is 0 Å². The molecule has 1 aromatic carbocycles. The molecule has 0 amide bonds. The number of aliphatic hydroxyl groups is 1. The highest BCUT2D eigenvalue weighted by Gasteiger charge is 2.31. The van der Waals surface area contributed by atoms with Crippen molar-refractivity contribution in [2.24, 2.45) is 0 Å². The number of hydrogen-bond acceptors (Lipinski definition) is 3. The molecule has 0 unspecified atom stereocenters. The fraction of sp³-hybridized carbons (Fsp3) is 0.462. The van der Waals surface area contributed by atoms with Crippen molar-refractivity contribution in [3.63, 3.8) is 0 Å². The predicted octanol–water partition coefficient (Wildman–Crippen LogP) is 2.78. The zero-order valence-corrected chi connectivity index (χ0v) is 10.4. The molecular formula is C13H16O3S. The predicted molar refractivity (Wildman–Crippen MR) is 67.5 cm³/mol. The van der Waals surface area contributed by atoms with Crippen molar-refractivity contribution in [1.29, 1.82) is 0 Å². The Labute approximate surface area is 105 Å². The summed E-state index contributed by atoms with van der Waals surface area (Å²) in [6.07, 6.45) is 3.79. The number of carbonyl (C=O) groups is 1. The molecule has 92 valence electrons. The second kappa shape index (κ2) is 5.10. The molecule has 1 saturated carbocycles. The molecule has 0 bridgehead atoms. The van der Waals surface area contributed by atoms with E-state index in [1.807, 2.05) is 6.07 Å². The van der Waals surface area contributed by atoms with Gasteiger partial charge in [0, 0.05) is 10.6 Å². The summed E-state index contributed by atoms with van der Waals surface area (Å²) in [6, 6.07) is 6.95. The molecule has 0 saturated heterocycles. The molecule has 1 aliphatic carbocycles. The zero-order chi connectivity index (χ0) is 12.3. The Balaban J connectivity index is 2.06. The largest absolute Gasteiger partial charge is 0.478 e. The Morgan fingerprint density at radius 1 is 1.29 bits per heavy atom. The first-order valence-electron chi connectivity index (χ1n) is 5.78. The summed E-state index contributed by atoms with van der Waals surface area (Å²) in [7, 11) is 0. The minimum absolute atomic E-state index is 0.319. The number of carboxylic acids is 1. The van der Waals surface area contributed by atoms with Crippen LogP contribution in [0, 0.1) is 0 Å². The first-order valence-corrected chi connectivity index (χ1v) is 6.77. The highest BCUT2D eigenvalue weighted by molar-refractivity contribution is 7.99. The second-order valence-electron chi connectivity index (χ2n) is 4.52. The Bertz CT molecular complexity index is 411. The molecule has 0 radical (unpaired) electrons. The molecule has 0 spiro atoms. The molecule has 0 aromatic heterocycles. The van der Waals surface area contributed by atoms with Gasteiger partial charge in [-0.1, -0.05) is 25.0 Å². The van der Waals surface area contributed by atoms with Gasteiger partial charge in [-0.25, -0.2) is 4.79 Å². The van der Waals surface area contributed by atoms with Crippen molar-refractivity contribution in [2.45, 2.75) is 36.2 Å². The van der Waals surface area contributed by atoms with Gasteiger partial charge in [-0.3, -0.25) is 0 Å². The fourth-order valence-corrected chi connectivity index (χ4v) is 3.36. The smallest absolute Gasteiger partial charge is 0.336 e. The van der Waals surface area contributed by atoms with Gasteiger partial charge >= 0.3 is 5.97 Å². The molecule has 1 aromatic rings. The summed E-state index contributed by atoms with van der Waals surface area (Å²) < 4.78 is 0. The molecular weight excluding hydrogens is 236 g/mol. The van der Waals surface area contributed by atoms with Crippen LogP contribution in [-0.4, -0.2) is 27.5 Å². The summed E-state index contributed by atoms with van der Waals surface area (Å²) in [4.78, 5) is 11.8. The van der Waals surface area contributed by atoms with Crippen molar-refractivity contribution in [2.75, 3.05) is 5.75 Å². The highest BCUT2D eigenvalue weighted by Crippen LogP contribution is 2.35. The van der Waals surface area contributed by atoms with Crippen molar-refractivity contribution < 1.29 is 15.0 Å². The average molecular weight is 252 g/mol. The first-order chi connectivity index (χ1) is 8.11. The monoisotopic (exact) mass is 252 g/mol. The van der Waals surface area contributed by atoms with Gasteiger partial charge in [-0.2, -0.15) is 0 Å². The van der Waals surface area contributed by atoms with Gasteiger partial charge in [0.15, 0.2) is 0 Å². The lowest BCUT2D eigenvalue weighted by Crippen LogP contribution is -2.27. The van der Waals surface area contributed by atoms with Crippen LogP contribution < -0.4 is 0 Å². The average Bonchev–Trinajstić information content (AvgIpc) is 2.74. The lowest BCUT2D eigenvalue weighted by atomic mass is 10.1. The van der Waals surface area contributed by atoms with E-state index in [1.165, 1.54) is 11.8 Å². The Morgan fingerprint density at radius 2 is 1.94 bits per heavy atom. The molecule has 0 atom stereocenters. The van der Waals surface area contributed by atoms with E-state index in [0.29, 0.717) is 11.3 Å². The maximum atomic E-state index is 11.0. The molecule has 1 fully saturated rings. The van der Waals surface area contributed by atoms with Crippen LogP contribution in [0.3, 0.4) is 0 Å². The third-order valence-corrected chi connectivity index (χ3v) is 4.50. The quantitative estimate of drug-likeness (QED) is 0.809. The number of rotatable bonds is 4. The lowest BCUT2D eigenvalue weighted by Gasteiger charge is -2.21. The normalized spacial score (nSPS) is 18.2. The molecule has 0 heterocycles. The number of thioether (sulfide) groups is 1. The van der Waals surface area contributed by atoms with E-state index < -0.39 is 11.6 Å². The van der Waals surface area contributed by atoms with Crippen LogP contribution >= 0.6 is 11.8 Å². The van der Waals surface area contributed by atoms with Gasteiger partial charge in [0.2, 0.25) is 0 Å². The number of benzene rings is 1. The van der Waals surface area contributed by atoms with Crippen LogP contribution in [0.25, 0.3) is 0 Å².